The molecule has 0 radical (unpaired) electrons. The maximum absolute atomic E-state index is 12.5. The lowest BCUT2D eigenvalue weighted by Gasteiger charge is -2.22. The van der Waals surface area contributed by atoms with Gasteiger partial charge in [-0.2, -0.15) is 5.26 Å². The van der Waals surface area contributed by atoms with Crippen LogP contribution in [0.4, 0.5) is 5.69 Å². The van der Waals surface area contributed by atoms with Gasteiger partial charge in [-0.3, -0.25) is 4.79 Å². The summed E-state index contributed by atoms with van der Waals surface area (Å²) in [6, 6.07) is 17.0. The summed E-state index contributed by atoms with van der Waals surface area (Å²) in [6.07, 6.45) is 0.858. The van der Waals surface area contributed by atoms with Gasteiger partial charge < -0.3 is 9.64 Å². The Bertz CT molecular complexity index is 749. The molecule has 4 nitrogen and oxygen atoms in total. The van der Waals surface area contributed by atoms with Gasteiger partial charge in [0.05, 0.1) is 5.56 Å². The van der Waals surface area contributed by atoms with Crippen molar-refractivity contribution in [2.75, 3.05) is 11.5 Å². The number of rotatable bonds is 3. The smallest absolute Gasteiger partial charge is 0.265 e. The highest BCUT2D eigenvalue weighted by atomic mass is 16.5. The topological polar surface area (TPSA) is 53.3 Å². The van der Waals surface area contributed by atoms with Crippen LogP contribution in [0.3, 0.4) is 0 Å². The number of hydrogen-bond donors (Lipinski definition) is 0. The van der Waals surface area contributed by atoms with E-state index in [-0.39, 0.29) is 18.6 Å². The van der Waals surface area contributed by atoms with Crippen molar-refractivity contribution < 1.29 is 9.53 Å². The second-order valence-electron chi connectivity index (χ2n) is 5.34. The molecule has 0 unspecified atom stereocenters. The average Bonchev–Trinajstić information content (AvgIpc) is 2.88. The Kier molecular flexibility index (Phi) is 3.80. The number of nitriles is 1. The van der Waals surface area contributed by atoms with Crippen LogP contribution in [-0.4, -0.2) is 18.6 Å². The van der Waals surface area contributed by atoms with Crippen molar-refractivity contribution in [2.45, 2.75) is 19.4 Å². The van der Waals surface area contributed by atoms with Crippen LogP contribution in [0.5, 0.6) is 5.75 Å². The quantitative estimate of drug-likeness (QED) is 0.874. The molecular formula is C18H16N2O2. The van der Waals surface area contributed by atoms with E-state index in [0.29, 0.717) is 11.3 Å². The van der Waals surface area contributed by atoms with E-state index in [2.05, 4.69) is 6.07 Å². The van der Waals surface area contributed by atoms with Crippen molar-refractivity contribution in [2.24, 2.45) is 0 Å². The molecule has 0 spiro atoms. The van der Waals surface area contributed by atoms with Crippen molar-refractivity contribution in [1.82, 2.24) is 0 Å². The standard InChI is InChI=1S/C18H16N2O2/c1-13-10-14-6-2-4-8-16(14)20(13)18(21)12-22-17-9-5-3-7-15(17)11-19/h2-9,13H,10,12H2,1H3/t13-/m0/s1. The molecule has 1 aliphatic heterocycles. The molecule has 110 valence electrons. The van der Waals surface area contributed by atoms with Crippen LogP contribution in [-0.2, 0) is 11.2 Å². The van der Waals surface area contributed by atoms with Crippen LogP contribution in [0.25, 0.3) is 0 Å². The lowest BCUT2D eigenvalue weighted by Crippen LogP contribution is -2.39. The molecule has 2 aromatic carbocycles. The Labute approximate surface area is 129 Å². The van der Waals surface area contributed by atoms with Gasteiger partial charge in [0, 0.05) is 11.7 Å². The van der Waals surface area contributed by atoms with Crippen LogP contribution in [0.2, 0.25) is 0 Å². The van der Waals surface area contributed by atoms with Gasteiger partial charge in [0.15, 0.2) is 6.61 Å². The molecule has 3 rings (SSSR count). The first kappa shape index (κ1) is 14.2. The largest absolute Gasteiger partial charge is 0.482 e. The summed E-state index contributed by atoms with van der Waals surface area (Å²) < 4.78 is 5.55. The minimum Gasteiger partial charge on any atom is -0.482 e. The Morgan fingerprint density at radius 1 is 1.27 bits per heavy atom. The van der Waals surface area contributed by atoms with E-state index in [1.54, 1.807) is 29.2 Å². The van der Waals surface area contributed by atoms with E-state index in [1.807, 2.05) is 31.2 Å². The van der Waals surface area contributed by atoms with E-state index < -0.39 is 0 Å². The van der Waals surface area contributed by atoms with Gasteiger partial charge in [0.25, 0.3) is 5.91 Å². The molecule has 0 aliphatic carbocycles. The molecule has 0 aromatic heterocycles. The third-order valence-corrected chi connectivity index (χ3v) is 3.83. The van der Waals surface area contributed by atoms with Crippen molar-refractivity contribution in [1.29, 1.82) is 5.26 Å². The Balaban J connectivity index is 1.74. The van der Waals surface area contributed by atoms with Crippen molar-refractivity contribution in [3.8, 4) is 11.8 Å². The maximum Gasteiger partial charge on any atom is 0.265 e. The number of benzene rings is 2. The number of hydrogen-bond acceptors (Lipinski definition) is 3. The van der Waals surface area contributed by atoms with E-state index >= 15 is 0 Å². The molecule has 0 bridgehead atoms. The van der Waals surface area contributed by atoms with Crippen molar-refractivity contribution in [3.05, 3.63) is 59.7 Å². The zero-order valence-corrected chi connectivity index (χ0v) is 12.3. The number of carbonyl (C=O) groups is 1. The fraction of sp³-hybridized carbons (Fsp3) is 0.222. The SMILES string of the molecule is C[C@H]1Cc2ccccc2N1C(=O)COc1ccccc1C#N. The Hall–Kier alpha value is -2.80. The minimum atomic E-state index is -0.0924. The lowest BCUT2D eigenvalue weighted by molar-refractivity contribution is -0.120. The number of carbonyl (C=O) groups excluding carboxylic acids is 1. The van der Waals surface area contributed by atoms with Gasteiger partial charge in [0.1, 0.15) is 11.8 Å². The summed E-state index contributed by atoms with van der Waals surface area (Å²) in [7, 11) is 0. The Morgan fingerprint density at radius 2 is 2.00 bits per heavy atom. The van der Waals surface area contributed by atoms with Crippen LogP contribution >= 0.6 is 0 Å². The summed E-state index contributed by atoms with van der Waals surface area (Å²) in [5.74, 6) is 0.351. The molecule has 1 atom stereocenters. The normalized spacial score (nSPS) is 16.0. The Morgan fingerprint density at radius 3 is 2.82 bits per heavy atom. The fourth-order valence-corrected chi connectivity index (χ4v) is 2.84. The molecule has 22 heavy (non-hydrogen) atoms. The first-order chi connectivity index (χ1) is 10.7. The van der Waals surface area contributed by atoms with E-state index in [9.17, 15) is 4.79 Å². The summed E-state index contributed by atoms with van der Waals surface area (Å²) in [6.45, 7) is 1.96. The molecule has 4 heteroatoms. The van der Waals surface area contributed by atoms with Gasteiger partial charge >= 0.3 is 0 Å². The predicted octanol–water partition coefficient (Wildman–Crippen LogP) is 2.91. The zero-order valence-electron chi connectivity index (χ0n) is 12.3. The highest BCUT2D eigenvalue weighted by Gasteiger charge is 2.30. The molecule has 0 saturated heterocycles. The van der Waals surface area contributed by atoms with E-state index in [4.69, 9.17) is 10.00 Å². The molecule has 1 heterocycles. The van der Waals surface area contributed by atoms with Gasteiger partial charge in [-0.25, -0.2) is 0 Å². The first-order valence-electron chi connectivity index (χ1n) is 7.22. The monoisotopic (exact) mass is 292 g/mol. The summed E-state index contributed by atoms with van der Waals surface area (Å²) in [4.78, 5) is 14.3. The summed E-state index contributed by atoms with van der Waals surface area (Å²) >= 11 is 0. The zero-order chi connectivity index (χ0) is 15.5. The second-order valence-corrected chi connectivity index (χ2v) is 5.34. The lowest BCUT2D eigenvalue weighted by atomic mass is 10.1. The van der Waals surface area contributed by atoms with Gasteiger partial charge in [0.2, 0.25) is 0 Å². The molecule has 0 fully saturated rings. The number of nitrogens with zero attached hydrogens (tertiary/aromatic N) is 2. The average molecular weight is 292 g/mol. The van der Waals surface area contributed by atoms with E-state index in [0.717, 1.165) is 12.1 Å². The van der Waals surface area contributed by atoms with Crippen LogP contribution in [0, 0.1) is 11.3 Å². The maximum atomic E-state index is 12.5. The summed E-state index contributed by atoms with van der Waals surface area (Å²) in [5.41, 5.74) is 2.57. The number of para-hydroxylation sites is 2. The highest BCUT2D eigenvalue weighted by Crippen LogP contribution is 2.31. The van der Waals surface area contributed by atoms with Gasteiger partial charge in [-0.1, -0.05) is 30.3 Å². The minimum absolute atomic E-state index is 0.0721. The third-order valence-electron chi connectivity index (χ3n) is 3.83. The third kappa shape index (κ3) is 2.53. The molecule has 2 aromatic rings. The molecule has 1 aliphatic rings. The van der Waals surface area contributed by atoms with Crippen molar-refractivity contribution in [3.63, 3.8) is 0 Å². The number of ether oxygens (including phenoxy) is 1. The van der Waals surface area contributed by atoms with Gasteiger partial charge in [-0.15, -0.1) is 0 Å². The van der Waals surface area contributed by atoms with Crippen LogP contribution in [0.15, 0.2) is 48.5 Å². The van der Waals surface area contributed by atoms with Crippen LogP contribution < -0.4 is 9.64 Å². The second kappa shape index (κ2) is 5.90. The summed E-state index contributed by atoms with van der Waals surface area (Å²) in [5, 5.41) is 9.04. The predicted molar refractivity (Wildman–Crippen MR) is 83.7 cm³/mol. The molecule has 1 amide bonds. The number of anilines is 1. The van der Waals surface area contributed by atoms with Gasteiger partial charge in [-0.05, 0) is 37.1 Å². The number of amides is 1. The number of fused-ring (bicyclic) bond motifs is 1. The van der Waals surface area contributed by atoms with Crippen molar-refractivity contribution >= 4 is 11.6 Å². The molecular weight excluding hydrogens is 276 g/mol. The molecule has 0 saturated carbocycles. The van der Waals surface area contributed by atoms with E-state index in [1.165, 1.54) is 5.56 Å². The fourth-order valence-electron chi connectivity index (χ4n) is 2.84. The molecule has 0 N–H and O–H groups in total. The van der Waals surface area contributed by atoms with Crippen LogP contribution in [0.1, 0.15) is 18.1 Å². The first-order valence-corrected chi connectivity index (χ1v) is 7.22. The highest BCUT2D eigenvalue weighted by molar-refractivity contribution is 5.97.